The van der Waals surface area contributed by atoms with Crippen LogP contribution in [0.1, 0.15) is 0 Å². The number of hydrogen-bond donors (Lipinski definition) is 0. The molecule has 0 N–H and O–H groups in total. The molecule has 1 heterocycles. The summed E-state index contributed by atoms with van der Waals surface area (Å²) in [5, 5.41) is 0. The lowest BCUT2D eigenvalue weighted by Gasteiger charge is -2.07. The Morgan fingerprint density at radius 3 is 2.62 bits per heavy atom. The van der Waals surface area contributed by atoms with Gasteiger partial charge in [-0.25, -0.2) is 4.98 Å². The molecule has 3 nitrogen and oxygen atoms in total. The van der Waals surface area contributed by atoms with Crippen LogP contribution in [0, 0.1) is 3.70 Å². The molecule has 0 amide bonds. The summed E-state index contributed by atoms with van der Waals surface area (Å²) in [6.07, 6.45) is -1.79. The largest absolute Gasteiger partial charge is 0.467 e. The molecule has 72 valence electrons. The lowest BCUT2D eigenvalue weighted by molar-refractivity contribution is -0.154. The van der Waals surface area contributed by atoms with E-state index in [1.165, 1.54) is 6.20 Å². The Morgan fingerprint density at radius 1 is 1.38 bits per heavy atom. The second-order valence-corrected chi connectivity index (χ2v) is 3.19. The highest BCUT2D eigenvalue weighted by Gasteiger charge is 2.28. The standard InChI is InChI=1S/C6H4F3IN2O/c7-6(8,9)3-13-5-2-11-1-4(10)12-5/h1-2H,3H2. The van der Waals surface area contributed by atoms with Gasteiger partial charge in [0.15, 0.2) is 6.61 Å². The molecule has 0 bridgehead atoms. The predicted octanol–water partition coefficient (Wildman–Crippen LogP) is 2.02. The number of aromatic nitrogens is 2. The fourth-order valence-corrected chi connectivity index (χ4v) is 0.949. The molecule has 0 radical (unpaired) electrons. The molecule has 0 aliphatic carbocycles. The number of rotatable bonds is 2. The van der Waals surface area contributed by atoms with Crippen molar-refractivity contribution in [2.45, 2.75) is 6.18 Å². The number of alkyl halides is 3. The van der Waals surface area contributed by atoms with Crippen molar-refractivity contribution >= 4 is 22.6 Å². The molecule has 0 aliphatic heterocycles. The van der Waals surface area contributed by atoms with Crippen molar-refractivity contribution < 1.29 is 17.9 Å². The van der Waals surface area contributed by atoms with E-state index in [1.807, 2.05) is 22.6 Å². The highest BCUT2D eigenvalue weighted by atomic mass is 127. The van der Waals surface area contributed by atoms with Crippen LogP contribution in [-0.4, -0.2) is 22.8 Å². The minimum Gasteiger partial charge on any atom is -0.467 e. The molecular weight excluding hydrogens is 300 g/mol. The van der Waals surface area contributed by atoms with E-state index in [2.05, 4.69) is 14.7 Å². The summed E-state index contributed by atoms with van der Waals surface area (Å²) >= 11 is 1.83. The average Bonchev–Trinajstić information content (AvgIpc) is 2.00. The van der Waals surface area contributed by atoms with Crippen LogP contribution in [0.15, 0.2) is 12.4 Å². The second-order valence-electron chi connectivity index (χ2n) is 2.08. The summed E-state index contributed by atoms with van der Waals surface area (Å²) in [6.45, 7) is -1.35. The van der Waals surface area contributed by atoms with E-state index >= 15 is 0 Å². The minimum absolute atomic E-state index is 0.121. The number of hydrogen-bond acceptors (Lipinski definition) is 3. The fraction of sp³-hybridized carbons (Fsp3) is 0.333. The Kier molecular flexibility index (Phi) is 3.28. The first-order valence-corrected chi connectivity index (χ1v) is 4.22. The van der Waals surface area contributed by atoms with Crippen LogP contribution in [0.25, 0.3) is 0 Å². The van der Waals surface area contributed by atoms with Gasteiger partial charge < -0.3 is 4.74 Å². The quantitative estimate of drug-likeness (QED) is 0.784. The highest BCUT2D eigenvalue weighted by Crippen LogP contribution is 2.16. The first-order valence-electron chi connectivity index (χ1n) is 3.14. The van der Waals surface area contributed by atoms with Crippen molar-refractivity contribution in [3.8, 4) is 5.88 Å². The van der Waals surface area contributed by atoms with E-state index in [4.69, 9.17) is 0 Å². The van der Waals surface area contributed by atoms with E-state index in [0.717, 1.165) is 6.20 Å². The summed E-state index contributed by atoms with van der Waals surface area (Å²) in [4.78, 5) is 7.30. The average molecular weight is 304 g/mol. The monoisotopic (exact) mass is 304 g/mol. The van der Waals surface area contributed by atoms with Gasteiger partial charge in [-0.2, -0.15) is 13.2 Å². The molecule has 0 atom stereocenters. The predicted molar refractivity (Wildman–Crippen MR) is 46.3 cm³/mol. The summed E-state index contributed by atoms with van der Waals surface area (Å²) in [5.41, 5.74) is 0. The van der Waals surface area contributed by atoms with E-state index in [0.29, 0.717) is 3.70 Å². The Bertz CT molecular complexity index is 291. The van der Waals surface area contributed by atoms with Crippen LogP contribution in [0.5, 0.6) is 5.88 Å². The van der Waals surface area contributed by atoms with Gasteiger partial charge in [-0.1, -0.05) is 0 Å². The molecular formula is C6H4F3IN2O. The minimum atomic E-state index is -4.34. The Balaban J connectivity index is 2.55. The topological polar surface area (TPSA) is 35.0 Å². The maximum Gasteiger partial charge on any atom is 0.422 e. The molecule has 1 aromatic heterocycles. The molecule has 0 aromatic carbocycles. The fourth-order valence-electron chi connectivity index (χ4n) is 0.551. The van der Waals surface area contributed by atoms with Crippen LogP contribution in [0.4, 0.5) is 13.2 Å². The number of halogens is 4. The van der Waals surface area contributed by atoms with Crippen molar-refractivity contribution in [2.75, 3.05) is 6.61 Å². The third-order valence-corrected chi connectivity index (χ3v) is 1.49. The van der Waals surface area contributed by atoms with Gasteiger partial charge in [0.1, 0.15) is 3.70 Å². The molecule has 0 saturated heterocycles. The molecule has 13 heavy (non-hydrogen) atoms. The van der Waals surface area contributed by atoms with Gasteiger partial charge in [-0.15, -0.1) is 0 Å². The van der Waals surface area contributed by atoms with E-state index in [1.54, 1.807) is 0 Å². The second kappa shape index (κ2) is 4.07. The van der Waals surface area contributed by atoms with Gasteiger partial charge in [0.05, 0.1) is 12.4 Å². The van der Waals surface area contributed by atoms with Gasteiger partial charge in [-0.3, -0.25) is 4.98 Å². The zero-order chi connectivity index (χ0) is 9.90. The summed E-state index contributed by atoms with van der Waals surface area (Å²) in [6, 6.07) is 0. The number of ether oxygens (including phenoxy) is 1. The molecule has 0 fully saturated rings. The van der Waals surface area contributed by atoms with Gasteiger partial charge >= 0.3 is 6.18 Å². The maximum atomic E-state index is 11.7. The Hall–Kier alpha value is -0.600. The first-order chi connectivity index (χ1) is 5.97. The normalized spacial score (nSPS) is 11.4. The van der Waals surface area contributed by atoms with Gasteiger partial charge in [0, 0.05) is 0 Å². The van der Waals surface area contributed by atoms with Crippen molar-refractivity contribution in [3.05, 3.63) is 16.1 Å². The van der Waals surface area contributed by atoms with Crippen molar-refractivity contribution in [1.29, 1.82) is 0 Å². The van der Waals surface area contributed by atoms with Crippen LogP contribution in [-0.2, 0) is 0 Å². The smallest absolute Gasteiger partial charge is 0.422 e. The van der Waals surface area contributed by atoms with Crippen LogP contribution < -0.4 is 4.74 Å². The third-order valence-electron chi connectivity index (χ3n) is 0.967. The zero-order valence-corrected chi connectivity index (χ0v) is 8.33. The number of nitrogens with zero attached hydrogens (tertiary/aromatic N) is 2. The van der Waals surface area contributed by atoms with Crippen LogP contribution >= 0.6 is 22.6 Å². The van der Waals surface area contributed by atoms with Crippen LogP contribution in [0.3, 0.4) is 0 Å². The van der Waals surface area contributed by atoms with Crippen molar-refractivity contribution in [2.24, 2.45) is 0 Å². The summed E-state index contributed by atoms with van der Waals surface area (Å²) in [7, 11) is 0. The van der Waals surface area contributed by atoms with Crippen LogP contribution in [0.2, 0.25) is 0 Å². The molecule has 0 spiro atoms. The lowest BCUT2D eigenvalue weighted by Crippen LogP contribution is -2.19. The van der Waals surface area contributed by atoms with Gasteiger partial charge in [0.25, 0.3) is 0 Å². The van der Waals surface area contributed by atoms with E-state index < -0.39 is 12.8 Å². The highest BCUT2D eigenvalue weighted by molar-refractivity contribution is 14.1. The molecule has 0 saturated carbocycles. The SMILES string of the molecule is FC(F)(F)COc1cncc(I)n1. The van der Waals surface area contributed by atoms with Crippen molar-refractivity contribution in [3.63, 3.8) is 0 Å². The molecule has 1 aromatic rings. The van der Waals surface area contributed by atoms with Gasteiger partial charge in [-0.05, 0) is 22.6 Å². The van der Waals surface area contributed by atoms with E-state index in [-0.39, 0.29) is 5.88 Å². The molecule has 0 unspecified atom stereocenters. The summed E-state index contributed by atoms with van der Waals surface area (Å²) in [5.74, 6) is -0.121. The Morgan fingerprint density at radius 2 is 2.08 bits per heavy atom. The Labute approximate surface area is 85.5 Å². The first kappa shape index (κ1) is 10.5. The molecule has 0 aliphatic rings. The lowest BCUT2D eigenvalue weighted by atomic mass is 10.7. The maximum absolute atomic E-state index is 11.7. The zero-order valence-electron chi connectivity index (χ0n) is 6.18. The third kappa shape index (κ3) is 4.25. The van der Waals surface area contributed by atoms with E-state index in [9.17, 15) is 13.2 Å². The van der Waals surface area contributed by atoms with Gasteiger partial charge in [0.2, 0.25) is 5.88 Å². The van der Waals surface area contributed by atoms with Crippen molar-refractivity contribution in [1.82, 2.24) is 9.97 Å². The summed E-state index contributed by atoms with van der Waals surface area (Å²) < 4.78 is 39.8. The molecule has 1 rings (SSSR count). The molecule has 7 heteroatoms.